The summed E-state index contributed by atoms with van der Waals surface area (Å²) in [6.07, 6.45) is 3.56. The summed E-state index contributed by atoms with van der Waals surface area (Å²) in [5.41, 5.74) is 1.80. The Labute approximate surface area is 111 Å². The van der Waals surface area contributed by atoms with Crippen molar-refractivity contribution in [1.82, 2.24) is 5.32 Å². The number of nitrogens with one attached hydrogen (secondary N) is 1. The molecule has 1 aliphatic carbocycles. The Balaban J connectivity index is 2.11. The fraction of sp³-hybridized carbons (Fsp3) is 0.500. The van der Waals surface area contributed by atoms with Gasteiger partial charge < -0.3 is 5.32 Å². The fourth-order valence-corrected chi connectivity index (χ4v) is 2.81. The number of amides is 1. The van der Waals surface area contributed by atoms with E-state index in [-0.39, 0.29) is 5.91 Å². The predicted molar refractivity (Wildman–Crippen MR) is 73.1 cm³/mol. The van der Waals surface area contributed by atoms with Crippen LogP contribution >= 0.6 is 15.9 Å². The number of carbonyl (C=O) groups excluding carboxylic acids is 1. The molecule has 2 rings (SSSR count). The van der Waals surface area contributed by atoms with Crippen LogP contribution in [0.1, 0.15) is 42.1 Å². The normalized spacial score (nSPS) is 23.7. The minimum absolute atomic E-state index is 0.0579. The van der Waals surface area contributed by atoms with E-state index in [0.717, 1.165) is 22.0 Å². The van der Waals surface area contributed by atoms with Crippen LogP contribution < -0.4 is 5.32 Å². The Kier molecular flexibility index (Phi) is 3.87. The summed E-state index contributed by atoms with van der Waals surface area (Å²) in [7, 11) is 0. The van der Waals surface area contributed by atoms with Crippen molar-refractivity contribution in [2.24, 2.45) is 5.92 Å². The number of hydrogen-bond donors (Lipinski definition) is 1. The highest BCUT2D eigenvalue weighted by Gasteiger charge is 2.25. The largest absolute Gasteiger partial charge is 0.349 e. The molecule has 3 heteroatoms. The van der Waals surface area contributed by atoms with E-state index >= 15 is 0 Å². The molecule has 0 bridgehead atoms. The highest BCUT2D eigenvalue weighted by molar-refractivity contribution is 9.10. The zero-order chi connectivity index (χ0) is 12.4. The quantitative estimate of drug-likeness (QED) is 0.886. The number of rotatable bonds is 2. The average molecular weight is 296 g/mol. The fourth-order valence-electron chi connectivity index (χ4n) is 2.44. The first kappa shape index (κ1) is 12.6. The van der Waals surface area contributed by atoms with E-state index in [1.807, 2.05) is 25.1 Å². The zero-order valence-corrected chi connectivity index (χ0v) is 11.9. The summed E-state index contributed by atoms with van der Waals surface area (Å²) in [4.78, 5) is 12.2. The van der Waals surface area contributed by atoms with Crippen LogP contribution in [0, 0.1) is 12.8 Å². The molecule has 1 amide bonds. The molecule has 0 heterocycles. The van der Waals surface area contributed by atoms with E-state index in [0.29, 0.717) is 12.0 Å². The summed E-state index contributed by atoms with van der Waals surface area (Å²) in [5.74, 6) is 0.661. The van der Waals surface area contributed by atoms with E-state index < -0.39 is 0 Å². The molecule has 0 aromatic heterocycles. The molecule has 1 N–H and O–H groups in total. The molecule has 1 aromatic rings. The molecule has 1 fully saturated rings. The molecule has 0 spiro atoms. The molecule has 0 saturated heterocycles. The van der Waals surface area contributed by atoms with Gasteiger partial charge in [-0.3, -0.25) is 4.79 Å². The maximum absolute atomic E-state index is 12.2. The summed E-state index contributed by atoms with van der Waals surface area (Å²) >= 11 is 3.41. The van der Waals surface area contributed by atoms with Crippen LogP contribution in [0.3, 0.4) is 0 Å². The maximum Gasteiger partial charge on any atom is 0.251 e. The molecule has 1 aromatic carbocycles. The smallest absolute Gasteiger partial charge is 0.251 e. The van der Waals surface area contributed by atoms with Gasteiger partial charge in [-0.25, -0.2) is 0 Å². The molecule has 1 aliphatic rings. The van der Waals surface area contributed by atoms with Gasteiger partial charge in [-0.15, -0.1) is 0 Å². The molecule has 0 aliphatic heterocycles. The number of aryl methyl sites for hydroxylation is 1. The van der Waals surface area contributed by atoms with Crippen molar-refractivity contribution in [2.45, 2.75) is 39.2 Å². The third kappa shape index (κ3) is 2.89. The van der Waals surface area contributed by atoms with Gasteiger partial charge >= 0.3 is 0 Å². The lowest BCUT2D eigenvalue weighted by atomic mass is 10.0. The van der Waals surface area contributed by atoms with Crippen molar-refractivity contribution >= 4 is 21.8 Å². The third-order valence-corrected chi connectivity index (χ3v) is 4.12. The summed E-state index contributed by atoms with van der Waals surface area (Å²) in [5, 5.41) is 3.15. The lowest BCUT2D eigenvalue weighted by Gasteiger charge is -2.18. The van der Waals surface area contributed by atoms with Crippen molar-refractivity contribution in [3.8, 4) is 0 Å². The van der Waals surface area contributed by atoms with E-state index in [9.17, 15) is 4.79 Å². The van der Waals surface area contributed by atoms with Gasteiger partial charge in [0.05, 0.1) is 0 Å². The molecule has 2 unspecified atom stereocenters. The third-order valence-electron chi connectivity index (χ3n) is 3.62. The lowest BCUT2D eigenvalue weighted by Crippen LogP contribution is -2.36. The van der Waals surface area contributed by atoms with Gasteiger partial charge in [-0.2, -0.15) is 0 Å². The van der Waals surface area contributed by atoms with Gasteiger partial charge in [0.1, 0.15) is 0 Å². The monoisotopic (exact) mass is 295 g/mol. The van der Waals surface area contributed by atoms with Gasteiger partial charge in [0.15, 0.2) is 0 Å². The van der Waals surface area contributed by atoms with Gasteiger partial charge in [0.2, 0.25) is 0 Å². The van der Waals surface area contributed by atoms with Crippen molar-refractivity contribution in [3.63, 3.8) is 0 Å². The van der Waals surface area contributed by atoms with E-state index in [4.69, 9.17) is 0 Å². The first-order valence-corrected chi connectivity index (χ1v) is 6.94. The molecule has 17 heavy (non-hydrogen) atoms. The van der Waals surface area contributed by atoms with Crippen LogP contribution in [0.4, 0.5) is 0 Å². The summed E-state index contributed by atoms with van der Waals surface area (Å²) < 4.78 is 0.952. The Hall–Kier alpha value is -0.830. The van der Waals surface area contributed by atoms with E-state index in [1.54, 1.807) is 0 Å². The summed E-state index contributed by atoms with van der Waals surface area (Å²) in [6, 6.07) is 6.17. The Morgan fingerprint density at radius 1 is 1.41 bits per heavy atom. The average Bonchev–Trinajstić information content (AvgIpc) is 2.68. The van der Waals surface area contributed by atoms with Crippen molar-refractivity contribution < 1.29 is 4.79 Å². The van der Waals surface area contributed by atoms with Crippen molar-refractivity contribution in [2.75, 3.05) is 0 Å². The molecule has 1 saturated carbocycles. The second-order valence-electron chi connectivity index (χ2n) is 4.95. The van der Waals surface area contributed by atoms with E-state index in [2.05, 4.69) is 28.2 Å². The molecule has 92 valence electrons. The topological polar surface area (TPSA) is 29.1 Å². The first-order chi connectivity index (χ1) is 8.08. The van der Waals surface area contributed by atoms with Crippen LogP contribution in [0.5, 0.6) is 0 Å². The zero-order valence-electron chi connectivity index (χ0n) is 10.3. The van der Waals surface area contributed by atoms with Crippen LogP contribution in [-0.4, -0.2) is 11.9 Å². The number of halogens is 1. The SMILES string of the molecule is Cc1ccc(Br)cc1C(=O)NC1CCCC1C. The van der Waals surface area contributed by atoms with Crippen molar-refractivity contribution in [3.05, 3.63) is 33.8 Å². The Morgan fingerprint density at radius 3 is 2.82 bits per heavy atom. The van der Waals surface area contributed by atoms with Crippen LogP contribution in [0.2, 0.25) is 0 Å². The lowest BCUT2D eigenvalue weighted by molar-refractivity contribution is 0.0929. The molecule has 2 nitrogen and oxygen atoms in total. The highest BCUT2D eigenvalue weighted by Crippen LogP contribution is 2.25. The van der Waals surface area contributed by atoms with Gasteiger partial charge in [0, 0.05) is 16.1 Å². The molecule has 0 radical (unpaired) electrons. The number of carbonyl (C=O) groups is 1. The van der Waals surface area contributed by atoms with Gasteiger partial charge in [-0.05, 0) is 43.4 Å². The molecule has 2 atom stereocenters. The first-order valence-electron chi connectivity index (χ1n) is 6.15. The number of benzene rings is 1. The van der Waals surface area contributed by atoms with Gasteiger partial charge in [-0.1, -0.05) is 35.3 Å². The second-order valence-corrected chi connectivity index (χ2v) is 5.86. The van der Waals surface area contributed by atoms with Crippen LogP contribution in [0.25, 0.3) is 0 Å². The minimum atomic E-state index is 0.0579. The summed E-state index contributed by atoms with van der Waals surface area (Å²) in [6.45, 7) is 4.19. The Bertz CT molecular complexity index is 430. The maximum atomic E-state index is 12.2. The van der Waals surface area contributed by atoms with Crippen LogP contribution in [-0.2, 0) is 0 Å². The minimum Gasteiger partial charge on any atom is -0.349 e. The van der Waals surface area contributed by atoms with Gasteiger partial charge in [0.25, 0.3) is 5.91 Å². The van der Waals surface area contributed by atoms with Crippen LogP contribution in [0.15, 0.2) is 22.7 Å². The highest BCUT2D eigenvalue weighted by atomic mass is 79.9. The molecular formula is C14H18BrNO. The van der Waals surface area contributed by atoms with Crippen molar-refractivity contribution in [1.29, 1.82) is 0 Å². The van der Waals surface area contributed by atoms with E-state index in [1.165, 1.54) is 12.8 Å². The standard InChI is InChI=1S/C14H18BrNO/c1-9-6-7-11(15)8-12(9)14(17)16-13-5-3-4-10(13)2/h6-8,10,13H,3-5H2,1-2H3,(H,16,17). The molecular weight excluding hydrogens is 278 g/mol. The Morgan fingerprint density at radius 2 is 2.18 bits per heavy atom. The second kappa shape index (κ2) is 5.21. The predicted octanol–water partition coefficient (Wildman–Crippen LogP) is 3.68. The number of hydrogen-bond acceptors (Lipinski definition) is 1.